The number of hydrogen-bond donors (Lipinski definition) is 1. The lowest BCUT2D eigenvalue weighted by Gasteiger charge is -2.24. The van der Waals surface area contributed by atoms with Gasteiger partial charge in [0.15, 0.2) is 6.10 Å². The van der Waals surface area contributed by atoms with E-state index in [1.807, 2.05) is 7.05 Å². The SMILES string of the molecule is CN(CCN(C)C1CC1)C(=O)[C@@H](O)c1cccc([N+](=O)[O-])c1. The Hall–Kier alpha value is -1.99. The summed E-state index contributed by atoms with van der Waals surface area (Å²) >= 11 is 0. The van der Waals surface area contributed by atoms with Crippen molar-refractivity contribution in [1.82, 2.24) is 9.80 Å². The number of carbonyl (C=O) groups excluding carboxylic acids is 1. The number of carbonyl (C=O) groups is 1. The predicted molar refractivity (Wildman–Crippen MR) is 81.3 cm³/mol. The van der Waals surface area contributed by atoms with Crippen LogP contribution >= 0.6 is 0 Å². The highest BCUT2D eigenvalue weighted by atomic mass is 16.6. The van der Waals surface area contributed by atoms with E-state index in [4.69, 9.17) is 0 Å². The Bertz CT molecular complexity index is 559. The van der Waals surface area contributed by atoms with Crippen LogP contribution in [0, 0.1) is 10.1 Å². The number of nitro groups is 1. The molecule has 0 unspecified atom stereocenters. The maximum absolute atomic E-state index is 12.2. The Labute approximate surface area is 129 Å². The van der Waals surface area contributed by atoms with Gasteiger partial charge in [0.25, 0.3) is 11.6 Å². The van der Waals surface area contributed by atoms with E-state index >= 15 is 0 Å². The Balaban J connectivity index is 1.95. The molecule has 22 heavy (non-hydrogen) atoms. The molecule has 1 aromatic carbocycles. The fourth-order valence-corrected chi connectivity index (χ4v) is 2.28. The Morgan fingerprint density at radius 1 is 1.41 bits per heavy atom. The molecule has 1 aromatic rings. The van der Waals surface area contributed by atoms with Crippen LogP contribution in [0.2, 0.25) is 0 Å². The Kier molecular flexibility index (Phi) is 5.10. The van der Waals surface area contributed by atoms with Gasteiger partial charge < -0.3 is 14.9 Å². The molecule has 1 N–H and O–H groups in total. The zero-order valence-corrected chi connectivity index (χ0v) is 12.8. The minimum atomic E-state index is -1.38. The third kappa shape index (κ3) is 4.02. The van der Waals surface area contributed by atoms with Crippen molar-refractivity contribution in [3.8, 4) is 0 Å². The van der Waals surface area contributed by atoms with Crippen LogP contribution in [-0.2, 0) is 4.79 Å². The monoisotopic (exact) mass is 307 g/mol. The minimum Gasteiger partial charge on any atom is -0.378 e. The van der Waals surface area contributed by atoms with E-state index in [0.717, 1.165) is 6.54 Å². The molecule has 7 nitrogen and oxygen atoms in total. The lowest BCUT2D eigenvalue weighted by atomic mass is 10.1. The van der Waals surface area contributed by atoms with E-state index in [1.165, 1.54) is 42.0 Å². The minimum absolute atomic E-state index is 0.138. The van der Waals surface area contributed by atoms with Crippen LogP contribution in [0.25, 0.3) is 0 Å². The number of nitrogens with zero attached hydrogens (tertiary/aromatic N) is 3. The molecule has 1 aliphatic carbocycles. The summed E-state index contributed by atoms with van der Waals surface area (Å²) in [5, 5.41) is 20.9. The molecule has 1 fully saturated rings. The van der Waals surface area contributed by atoms with Gasteiger partial charge in [-0.1, -0.05) is 12.1 Å². The smallest absolute Gasteiger partial charge is 0.269 e. The molecule has 1 aliphatic rings. The van der Waals surface area contributed by atoms with Crippen molar-refractivity contribution >= 4 is 11.6 Å². The van der Waals surface area contributed by atoms with Crippen LogP contribution in [0.4, 0.5) is 5.69 Å². The van der Waals surface area contributed by atoms with Crippen LogP contribution in [0.5, 0.6) is 0 Å². The lowest BCUT2D eigenvalue weighted by Crippen LogP contribution is -2.38. The molecular weight excluding hydrogens is 286 g/mol. The van der Waals surface area contributed by atoms with Gasteiger partial charge in [-0.15, -0.1) is 0 Å². The van der Waals surface area contributed by atoms with Crippen molar-refractivity contribution < 1.29 is 14.8 Å². The van der Waals surface area contributed by atoms with E-state index in [0.29, 0.717) is 12.6 Å². The number of benzene rings is 1. The van der Waals surface area contributed by atoms with E-state index in [9.17, 15) is 20.0 Å². The molecule has 0 bridgehead atoms. The van der Waals surface area contributed by atoms with Crippen molar-refractivity contribution in [1.29, 1.82) is 0 Å². The first kappa shape index (κ1) is 16.4. The second-order valence-corrected chi connectivity index (χ2v) is 5.73. The quantitative estimate of drug-likeness (QED) is 0.604. The largest absolute Gasteiger partial charge is 0.378 e. The standard InChI is InChI=1S/C15H21N3O4/c1-16(12-6-7-12)8-9-17(2)15(20)14(19)11-4-3-5-13(10-11)18(21)22/h3-5,10,12,14,19H,6-9H2,1-2H3/t14-/m0/s1. The fourth-order valence-electron chi connectivity index (χ4n) is 2.28. The molecule has 1 amide bonds. The highest BCUT2D eigenvalue weighted by Crippen LogP contribution is 2.25. The summed E-state index contributed by atoms with van der Waals surface area (Å²) in [6, 6.07) is 6.15. The Morgan fingerprint density at radius 2 is 2.09 bits per heavy atom. The number of nitro benzene ring substituents is 1. The van der Waals surface area contributed by atoms with Crippen molar-refractivity contribution in [3.05, 3.63) is 39.9 Å². The predicted octanol–water partition coefficient (Wildman–Crippen LogP) is 1.18. The zero-order chi connectivity index (χ0) is 16.3. The van der Waals surface area contributed by atoms with Crippen molar-refractivity contribution in [3.63, 3.8) is 0 Å². The van der Waals surface area contributed by atoms with Crippen LogP contribution in [0.3, 0.4) is 0 Å². The molecular formula is C15H21N3O4. The van der Waals surface area contributed by atoms with Crippen LogP contribution in [0.1, 0.15) is 24.5 Å². The Morgan fingerprint density at radius 3 is 2.68 bits per heavy atom. The number of aliphatic hydroxyl groups is 1. The van der Waals surface area contributed by atoms with Crippen LogP contribution in [-0.4, -0.2) is 59.0 Å². The summed E-state index contributed by atoms with van der Waals surface area (Å²) in [6.07, 6.45) is 1.02. The topological polar surface area (TPSA) is 86.9 Å². The number of non-ortho nitro benzene ring substituents is 1. The average Bonchev–Trinajstić information content (AvgIpc) is 3.35. The molecule has 1 atom stereocenters. The van der Waals surface area contributed by atoms with Gasteiger partial charge in [-0.25, -0.2) is 0 Å². The van der Waals surface area contributed by atoms with Gasteiger partial charge in [0.1, 0.15) is 0 Å². The third-order valence-electron chi connectivity index (χ3n) is 3.97. The summed E-state index contributed by atoms with van der Waals surface area (Å²) in [5.74, 6) is -0.454. The fraction of sp³-hybridized carbons (Fsp3) is 0.533. The normalized spacial score (nSPS) is 15.6. The molecule has 0 spiro atoms. The molecule has 0 aromatic heterocycles. The third-order valence-corrected chi connectivity index (χ3v) is 3.97. The van der Waals surface area contributed by atoms with E-state index in [1.54, 1.807) is 7.05 Å². The molecule has 0 radical (unpaired) electrons. The van der Waals surface area contributed by atoms with E-state index in [-0.39, 0.29) is 11.3 Å². The number of amides is 1. The number of rotatable bonds is 7. The summed E-state index contributed by atoms with van der Waals surface area (Å²) in [4.78, 5) is 26.1. The van der Waals surface area contributed by atoms with Gasteiger partial charge in [-0.2, -0.15) is 0 Å². The highest BCUT2D eigenvalue weighted by Gasteiger charge is 2.27. The van der Waals surface area contributed by atoms with Crippen molar-refractivity contribution in [2.75, 3.05) is 27.2 Å². The molecule has 0 saturated heterocycles. The lowest BCUT2D eigenvalue weighted by molar-refractivity contribution is -0.385. The molecule has 2 rings (SSSR count). The highest BCUT2D eigenvalue weighted by molar-refractivity contribution is 5.82. The van der Waals surface area contributed by atoms with E-state index in [2.05, 4.69) is 4.90 Å². The maximum atomic E-state index is 12.2. The van der Waals surface area contributed by atoms with Gasteiger partial charge in [0.05, 0.1) is 4.92 Å². The first-order chi connectivity index (χ1) is 10.4. The molecule has 0 aliphatic heterocycles. The van der Waals surface area contributed by atoms with Gasteiger partial charge in [0.2, 0.25) is 0 Å². The van der Waals surface area contributed by atoms with Gasteiger partial charge in [-0.05, 0) is 25.5 Å². The van der Waals surface area contributed by atoms with E-state index < -0.39 is 16.9 Å². The molecule has 120 valence electrons. The number of hydrogen-bond acceptors (Lipinski definition) is 5. The summed E-state index contributed by atoms with van der Waals surface area (Å²) in [7, 11) is 3.65. The first-order valence-corrected chi connectivity index (χ1v) is 7.27. The summed E-state index contributed by atoms with van der Waals surface area (Å²) in [5.41, 5.74) is 0.0991. The molecule has 7 heteroatoms. The number of aliphatic hydroxyl groups excluding tert-OH is 1. The second kappa shape index (κ2) is 6.85. The zero-order valence-electron chi connectivity index (χ0n) is 12.8. The summed E-state index contributed by atoms with van der Waals surface area (Å²) in [6.45, 7) is 1.26. The van der Waals surface area contributed by atoms with Crippen molar-refractivity contribution in [2.45, 2.75) is 25.0 Å². The maximum Gasteiger partial charge on any atom is 0.269 e. The first-order valence-electron chi connectivity index (χ1n) is 7.27. The average molecular weight is 307 g/mol. The van der Waals surface area contributed by atoms with Gasteiger partial charge in [-0.3, -0.25) is 14.9 Å². The van der Waals surface area contributed by atoms with Gasteiger partial charge in [0, 0.05) is 38.3 Å². The summed E-state index contributed by atoms with van der Waals surface area (Å²) < 4.78 is 0. The molecule has 0 heterocycles. The van der Waals surface area contributed by atoms with Gasteiger partial charge >= 0.3 is 0 Å². The van der Waals surface area contributed by atoms with Crippen LogP contribution in [0.15, 0.2) is 24.3 Å². The molecule has 1 saturated carbocycles. The second-order valence-electron chi connectivity index (χ2n) is 5.73. The van der Waals surface area contributed by atoms with Crippen molar-refractivity contribution in [2.24, 2.45) is 0 Å². The number of likely N-dealkylation sites (N-methyl/N-ethyl adjacent to an activating group) is 2. The van der Waals surface area contributed by atoms with Crippen LogP contribution < -0.4 is 0 Å².